The average molecular weight is 466 g/mol. The molecule has 0 spiro atoms. The summed E-state index contributed by atoms with van der Waals surface area (Å²) in [5.74, 6) is -2.00. The van der Waals surface area contributed by atoms with E-state index in [-0.39, 0.29) is 41.0 Å². The van der Waals surface area contributed by atoms with E-state index in [1.54, 1.807) is 18.2 Å². The summed E-state index contributed by atoms with van der Waals surface area (Å²) >= 11 is 0. The van der Waals surface area contributed by atoms with Gasteiger partial charge in [0, 0.05) is 11.1 Å². The molecule has 3 aromatic carbocycles. The monoisotopic (exact) mass is 466 g/mol. The van der Waals surface area contributed by atoms with Crippen LogP contribution in [0.5, 0.6) is 0 Å². The summed E-state index contributed by atoms with van der Waals surface area (Å²) in [6.45, 7) is -0.465. The molecule has 2 bridgehead atoms. The van der Waals surface area contributed by atoms with Crippen molar-refractivity contribution in [2.24, 2.45) is 23.7 Å². The van der Waals surface area contributed by atoms with Crippen LogP contribution >= 0.6 is 0 Å². The number of carbonyl (C=O) groups excluding carboxylic acids is 4. The summed E-state index contributed by atoms with van der Waals surface area (Å²) in [6, 6.07) is 19.5. The van der Waals surface area contributed by atoms with Crippen LogP contribution in [-0.2, 0) is 19.1 Å². The number of allylic oxidation sites excluding steroid dienone is 2. The molecule has 2 aliphatic carbocycles. The van der Waals surface area contributed by atoms with Gasteiger partial charge in [-0.25, -0.2) is 9.69 Å². The Balaban J connectivity index is 1.13. The third-order valence-corrected chi connectivity index (χ3v) is 7.21. The van der Waals surface area contributed by atoms with E-state index in [1.165, 1.54) is 17.0 Å². The number of fused-ring (bicyclic) bond motifs is 6. The van der Waals surface area contributed by atoms with Gasteiger partial charge in [0.2, 0.25) is 11.8 Å². The van der Waals surface area contributed by atoms with Gasteiger partial charge < -0.3 is 10.1 Å². The van der Waals surface area contributed by atoms with Crippen molar-refractivity contribution in [2.75, 3.05) is 16.8 Å². The van der Waals surface area contributed by atoms with Crippen molar-refractivity contribution in [3.63, 3.8) is 0 Å². The van der Waals surface area contributed by atoms with Crippen LogP contribution in [-0.4, -0.2) is 30.3 Å². The Kier molecular flexibility index (Phi) is 4.99. The quantitative estimate of drug-likeness (QED) is 0.349. The van der Waals surface area contributed by atoms with Crippen molar-refractivity contribution in [1.29, 1.82) is 0 Å². The highest BCUT2D eigenvalue weighted by atomic mass is 16.5. The molecule has 6 rings (SSSR count). The van der Waals surface area contributed by atoms with Gasteiger partial charge in [0.15, 0.2) is 6.61 Å². The molecule has 3 aliphatic rings. The van der Waals surface area contributed by atoms with Gasteiger partial charge in [-0.15, -0.1) is 0 Å². The Labute approximate surface area is 201 Å². The van der Waals surface area contributed by atoms with Gasteiger partial charge in [0.1, 0.15) is 0 Å². The van der Waals surface area contributed by atoms with E-state index in [9.17, 15) is 19.2 Å². The maximum absolute atomic E-state index is 13.1. The number of carbonyl (C=O) groups is 4. The first-order valence-corrected chi connectivity index (χ1v) is 11.6. The Morgan fingerprint density at radius 2 is 1.57 bits per heavy atom. The zero-order chi connectivity index (χ0) is 24.1. The number of amides is 3. The summed E-state index contributed by atoms with van der Waals surface area (Å²) in [5, 5.41) is 4.65. The molecule has 0 radical (unpaired) electrons. The van der Waals surface area contributed by atoms with Crippen molar-refractivity contribution >= 4 is 45.8 Å². The molecule has 3 amide bonds. The highest BCUT2D eigenvalue weighted by Gasteiger charge is 2.59. The molecule has 4 atom stereocenters. The second-order valence-corrected chi connectivity index (χ2v) is 9.21. The average Bonchev–Trinajstić information content (AvgIpc) is 3.56. The summed E-state index contributed by atoms with van der Waals surface area (Å²) in [7, 11) is 0. The van der Waals surface area contributed by atoms with Crippen LogP contribution < -0.4 is 10.2 Å². The topological polar surface area (TPSA) is 92.8 Å². The molecule has 174 valence electrons. The summed E-state index contributed by atoms with van der Waals surface area (Å²) in [4.78, 5) is 52.4. The van der Waals surface area contributed by atoms with Gasteiger partial charge in [-0.3, -0.25) is 14.4 Å². The molecule has 0 unspecified atom stereocenters. The number of ether oxygens (including phenoxy) is 1. The molecular weight excluding hydrogens is 444 g/mol. The molecule has 1 saturated heterocycles. The van der Waals surface area contributed by atoms with E-state index < -0.39 is 18.5 Å². The number of hydrogen-bond donors (Lipinski definition) is 1. The van der Waals surface area contributed by atoms with Gasteiger partial charge in [-0.2, -0.15) is 0 Å². The van der Waals surface area contributed by atoms with Crippen LogP contribution in [0.2, 0.25) is 0 Å². The number of anilines is 2. The molecule has 1 heterocycles. The van der Waals surface area contributed by atoms with Crippen molar-refractivity contribution in [2.45, 2.75) is 6.42 Å². The number of imide groups is 1. The third-order valence-electron chi connectivity index (χ3n) is 7.21. The lowest BCUT2D eigenvalue weighted by atomic mass is 9.85. The normalized spacial score (nSPS) is 24.2. The van der Waals surface area contributed by atoms with Crippen molar-refractivity contribution in [3.8, 4) is 0 Å². The first-order valence-electron chi connectivity index (χ1n) is 11.6. The summed E-state index contributed by atoms with van der Waals surface area (Å²) in [6.07, 6.45) is 4.93. The lowest BCUT2D eigenvalue weighted by molar-refractivity contribution is -0.123. The predicted octanol–water partition coefficient (Wildman–Crippen LogP) is 3.95. The van der Waals surface area contributed by atoms with Gasteiger partial charge in [0.05, 0.1) is 23.1 Å². The van der Waals surface area contributed by atoms with E-state index in [2.05, 4.69) is 5.32 Å². The lowest BCUT2D eigenvalue weighted by Gasteiger charge is -2.18. The second kappa shape index (κ2) is 8.20. The van der Waals surface area contributed by atoms with E-state index in [0.29, 0.717) is 11.4 Å². The van der Waals surface area contributed by atoms with Crippen LogP contribution in [0.1, 0.15) is 16.8 Å². The lowest BCUT2D eigenvalue weighted by Crippen LogP contribution is -2.33. The zero-order valence-electron chi connectivity index (χ0n) is 18.7. The van der Waals surface area contributed by atoms with Crippen molar-refractivity contribution < 1.29 is 23.9 Å². The van der Waals surface area contributed by atoms with Gasteiger partial charge >= 0.3 is 5.97 Å². The highest BCUT2D eigenvalue weighted by molar-refractivity contribution is 6.23. The highest BCUT2D eigenvalue weighted by Crippen LogP contribution is 2.53. The standard InChI is InChI=1S/C28H22N2O5/c31-23(29-22-10-4-6-16-5-1-2-9-21(16)22)15-35-28(34)19-7-3-8-20(14-19)30-26(32)24-17-11-12-18(13-17)25(24)27(30)33/h1-12,14,17-18,24-25H,13,15H2,(H,29,31)/t17-,18-,24+,25+/m0/s1. The van der Waals surface area contributed by atoms with E-state index in [4.69, 9.17) is 4.74 Å². The van der Waals surface area contributed by atoms with E-state index in [1.807, 2.05) is 48.6 Å². The number of rotatable bonds is 5. The van der Waals surface area contributed by atoms with Gasteiger partial charge in [0.25, 0.3) is 5.91 Å². The fourth-order valence-corrected chi connectivity index (χ4v) is 5.66. The molecule has 1 N–H and O–H groups in total. The molecule has 1 aliphatic heterocycles. The van der Waals surface area contributed by atoms with Gasteiger partial charge in [-0.1, -0.05) is 54.6 Å². The van der Waals surface area contributed by atoms with Crippen LogP contribution in [0.4, 0.5) is 11.4 Å². The molecule has 0 aromatic heterocycles. The van der Waals surface area contributed by atoms with Crippen LogP contribution in [0, 0.1) is 23.7 Å². The molecule has 2 fully saturated rings. The van der Waals surface area contributed by atoms with E-state index in [0.717, 1.165) is 17.2 Å². The van der Waals surface area contributed by atoms with Crippen LogP contribution in [0.15, 0.2) is 78.9 Å². The number of esters is 1. The zero-order valence-corrected chi connectivity index (χ0v) is 18.7. The smallest absolute Gasteiger partial charge is 0.338 e. The maximum Gasteiger partial charge on any atom is 0.338 e. The first kappa shape index (κ1) is 21.3. The number of nitrogens with zero attached hydrogens (tertiary/aromatic N) is 1. The Morgan fingerprint density at radius 3 is 2.34 bits per heavy atom. The summed E-state index contributed by atoms with van der Waals surface area (Å²) < 4.78 is 5.21. The fourth-order valence-electron chi connectivity index (χ4n) is 5.66. The predicted molar refractivity (Wildman–Crippen MR) is 130 cm³/mol. The van der Waals surface area contributed by atoms with Crippen molar-refractivity contribution in [1.82, 2.24) is 0 Å². The number of nitrogens with one attached hydrogen (secondary N) is 1. The molecule has 35 heavy (non-hydrogen) atoms. The molecule has 1 saturated carbocycles. The molecule has 7 nitrogen and oxygen atoms in total. The minimum atomic E-state index is -0.707. The third kappa shape index (κ3) is 3.51. The largest absolute Gasteiger partial charge is 0.452 e. The Hall–Kier alpha value is -4.26. The first-order chi connectivity index (χ1) is 17.0. The minimum absolute atomic E-state index is 0.111. The summed E-state index contributed by atoms with van der Waals surface area (Å²) in [5.41, 5.74) is 1.15. The minimum Gasteiger partial charge on any atom is -0.452 e. The van der Waals surface area contributed by atoms with Crippen molar-refractivity contribution in [3.05, 3.63) is 84.4 Å². The fraction of sp³-hybridized carbons (Fsp3) is 0.214. The van der Waals surface area contributed by atoms with E-state index >= 15 is 0 Å². The molecule has 7 heteroatoms. The maximum atomic E-state index is 13.1. The van der Waals surface area contributed by atoms with Crippen LogP contribution in [0.25, 0.3) is 10.8 Å². The Morgan fingerprint density at radius 1 is 0.886 bits per heavy atom. The van der Waals surface area contributed by atoms with Crippen LogP contribution in [0.3, 0.4) is 0 Å². The molecule has 3 aromatic rings. The number of benzene rings is 3. The number of hydrogen-bond acceptors (Lipinski definition) is 5. The second-order valence-electron chi connectivity index (χ2n) is 9.21. The SMILES string of the molecule is O=C(COC(=O)c1cccc(N2C(=O)[C@H]3[C@H](C2=O)[C@H]2C=C[C@H]3C2)c1)Nc1cccc2ccccc12. The molecular formula is C28H22N2O5. The van der Waals surface area contributed by atoms with Gasteiger partial charge in [-0.05, 0) is 47.9 Å². The Bertz CT molecular complexity index is 1390.